The highest BCUT2D eigenvalue weighted by atomic mass is 35.5. The van der Waals surface area contributed by atoms with E-state index in [1.165, 1.54) is 12.1 Å². The lowest BCUT2D eigenvalue weighted by molar-refractivity contribution is 0.0495. The van der Waals surface area contributed by atoms with Crippen LogP contribution in [-0.4, -0.2) is 10.8 Å². The van der Waals surface area contributed by atoms with Crippen molar-refractivity contribution >= 4 is 34.6 Å². The van der Waals surface area contributed by atoms with Crippen molar-refractivity contribution in [2.24, 2.45) is 0 Å². The Morgan fingerprint density at radius 1 is 1.30 bits per heavy atom. The van der Waals surface area contributed by atoms with Crippen LogP contribution in [0.1, 0.15) is 24.9 Å². The predicted octanol–water partition coefficient (Wildman–Crippen LogP) is 4.41. The maximum Gasteiger partial charge on any atom is 0.188 e. The number of anilines is 1. The standard InChI is InChI=1S/C17H14ClFN2OS/c1-17-9-14(13-8-11(19)4-7-15(13)22-17)20-16(23)21(17)12-5-2-10(18)3-6-12/h2-8,14H,9H2,1H3,(H,20,23)/t14-,17-/m1/s1. The van der Waals surface area contributed by atoms with Gasteiger partial charge in [0.25, 0.3) is 0 Å². The Labute approximate surface area is 144 Å². The fraction of sp³-hybridized carbons (Fsp3) is 0.235. The summed E-state index contributed by atoms with van der Waals surface area (Å²) in [5.41, 5.74) is 1.07. The molecule has 0 amide bonds. The molecule has 2 aliphatic rings. The minimum absolute atomic E-state index is 0.0597. The Hall–Kier alpha value is -1.85. The van der Waals surface area contributed by atoms with Gasteiger partial charge in [-0.15, -0.1) is 0 Å². The maximum absolute atomic E-state index is 13.6. The van der Waals surface area contributed by atoms with Gasteiger partial charge in [0.05, 0.1) is 6.04 Å². The minimum atomic E-state index is -0.633. The van der Waals surface area contributed by atoms with Crippen molar-refractivity contribution in [1.29, 1.82) is 0 Å². The van der Waals surface area contributed by atoms with Gasteiger partial charge in [0, 0.05) is 22.7 Å². The molecule has 118 valence electrons. The number of fused-ring (bicyclic) bond motifs is 4. The van der Waals surface area contributed by atoms with Crippen molar-refractivity contribution in [3.63, 3.8) is 0 Å². The third-order valence-corrected chi connectivity index (χ3v) is 4.87. The Morgan fingerprint density at radius 3 is 2.78 bits per heavy atom. The van der Waals surface area contributed by atoms with Crippen molar-refractivity contribution in [2.45, 2.75) is 25.1 Å². The van der Waals surface area contributed by atoms with E-state index in [1.54, 1.807) is 6.07 Å². The molecule has 0 saturated carbocycles. The van der Waals surface area contributed by atoms with Crippen LogP contribution in [0.25, 0.3) is 0 Å². The molecule has 2 bridgehead atoms. The molecule has 3 nitrogen and oxygen atoms in total. The van der Waals surface area contributed by atoms with E-state index in [2.05, 4.69) is 5.32 Å². The number of nitrogens with one attached hydrogen (secondary N) is 1. The molecule has 0 aliphatic carbocycles. The van der Waals surface area contributed by atoms with Crippen molar-refractivity contribution in [3.8, 4) is 5.75 Å². The van der Waals surface area contributed by atoms with Crippen molar-refractivity contribution in [2.75, 3.05) is 4.90 Å². The van der Waals surface area contributed by atoms with E-state index < -0.39 is 5.72 Å². The summed E-state index contributed by atoms with van der Waals surface area (Å²) < 4.78 is 19.8. The molecule has 2 atom stereocenters. The van der Waals surface area contributed by atoms with Gasteiger partial charge in [-0.2, -0.15) is 0 Å². The summed E-state index contributed by atoms with van der Waals surface area (Å²) in [5.74, 6) is 0.405. The lowest BCUT2D eigenvalue weighted by Crippen LogP contribution is -2.65. The van der Waals surface area contributed by atoms with Gasteiger partial charge in [-0.25, -0.2) is 4.39 Å². The number of thiocarbonyl (C=S) groups is 1. The van der Waals surface area contributed by atoms with Crippen LogP contribution < -0.4 is 15.0 Å². The molecular formula is C17H14ClFN2OS. The molecule has 0 spiro atoms. The highest BCUT2D eigenvalue weighted by molar-refractivity contribution is 7.80. The second-order valence-corrected chi connectivity index (χ2v) is 6.80. The van der Waals surface area contributed by atoms with Gasteiger partial charge in [0.1, 0.15) is 11.6 Å². The molecule has 0 radical (unpaired) electrons. The smallest absolute Gasteiger partial charge is 0.188 e. The molecule has 2 aliphatic heterocycles. The first kappa shape index (κ1) is 14.7. The second kappa shape index (κ2) is 5.08. The molecule has 1 fully saturated rings. The monoisotopic (exact) mass is 348 g/mol. The van der Waals surface area contributed by atoms with E-state index in [1.807, 2.05) is 36.1 Å². The average molecular weight is 349 g/mol. The zero-order chi connectivity index (χ0) is 16.2. The Kier molecular flexibility index (Phi) is 3.25. The predicted molar refractivity (Wildman–Crippen MR) is 92.5 cm³/mol. The van der Waals surface area contributed by atoms with Crippen LogP contribution in [0.3, 0.4) is 0 Å². The summed E-state index contributed by atoms with van der Waals surface area (Å²) in [6.07, 6.45) is 0.659. The molecule has 0 unspecified atom stereocenters. The van der Waals surface area contributed by atoms with Crippen molar-refractivity contribution in [1.82, 2.24) is 5.32 Å². The first-order valence-corrected chi connectivity index (χ1v) is 8.10. The first-order chi connectivity index (χ1) is 11.0. The summed E-state index contributed by atoms with van der Waals surface area (Å²) in [7, 11) is 0. The number of benzene rings is 2. The van der Waals surface area contributed by atoms with Gasteiger partial charge in [0.2, 0.25) is 0 Å². The molecule has 23 heavy (non-hydrogen) atoms. The topological polar surface area (TPSA) is 24.5 Å². The molecule has 2 aromatic rings. The van der Waals surface area contributed by atoms with Crippen LogP contribution in [0, 0.1) is 5.82 Å². The van der Waals surface area contributed by atoms with Gasteiger partial charge in [-0.05, 0) is 61.6 Å². The number of halogens is 2. The van der Waals surface area contributed by atoms with E-state index in [0.717, 1.165) is 11.3 Å². The highest BCUT2D eigenvalue weighted by Gasteiger charge is 2.48. The number of hydrogen-bond donors (Lipinski definition) is 1. The third-order valence-electron chi connectivity index (χ3n) is 4.32. The largest absolute Gasteiger partial charge is 0.467 e. The summed E-state index contributed by atoms with van der Waals surface area (Å²) in [5, 5.41) is 4.52. The third kappa shape index (κ3) is 2.35. The van der Waals surface area contributed by atoms with E-state index >= 15 is 0 Å². The van der Waals surface area contributed by atoms with Gasteiger partial charge in [-0.3, -0.25) is 4.90 Å². The van der Waals surface area contributed by atoms with Crippen LogP contribution in [0.15, 0.2) is 42.5 Å². The molecule has 0 aromatic heterocycles. The van der Waals surface area contributed by atoms with Crippen LogP contribution >= 0.6 is 23.8 Å². The average Bonchev–Trinajstić information content (AvgIpc) is 2.49. The summed E-state index contributed by atoms with van der Waals surface area (Å²) >= 11 is 11.5. The van der Waals surface area contributed by atoms with Crippen molar-refractivity contribution in [3.05, 3.63) is 58.9 Å². The Balaban J connectivity index is 1.79. The fourth-order valence-corrected chi connectivity index (χ4v) is 3.89. The van der Waals surface area contributed by atoms with Crippen LogP contribution in [0.2, 0.25) is 5.02 Å². The van der Waals surface area contributed by atoms with Crippen LogP contribution in [0.5, 0.6) is 5.75 Å². The lowest BCUT2D eigenvalue weighted by Gasteiger charge is -2.52. The Morgan fingerprint density at radius 2 is 2.04 bits per heavy atom. The molecule has 4 rings (SSSR count). The van der Waals surface area contributed by atoms with E-state index in [0.29, 0.717) is 22.3 Å². The summed E-state index contributed by atoms with van der Waals surface area (Å²) in [4.78, 5) is 1.95. The fourth-order valence-electron chi connectivity index (χ4n) is 3.33. The van der Waals surface area contributed by atoms with Crippen LogP contribution in [-0.2, 0) is 0 Å². The number of nitrogens with zero attached hydrogens (tertiary/aromatic N) is 1. The molecule has 2 aromatic carbocycles. The first-order valence-electron chi connectivity index (χ1n) is 7.31. The van der Waals surface area contributed by atoms with Crippen molar-refractivity contribution < 1.29 is 9.13 Å². The summed E-state index contributed by atoms with van der Waals surface area (Å²) in [6.45, 7) is 1.99. The van der Waals surface area contributed by atoms with Gasteiger partial charge in [-0.1, -0.05) is 11.6 Å². The van der Waals surface area contributed by atoms with E-state index in [-0.39, 0.29) is 11.9 Å². The summed E-state index contributed by atoms with van der Waals surface area (Å²) in [6, 6.07) is 12.0. The van der Waals surface area contributed by atoms with Gasteiger partial charge in [0.15, 0.2) is 10.8 Å². The van der Waals surface area contributed by atoms with Gasteiger partial charge < -0.3 is 10.1 Å². The molecule has 6 heteroatoms. The zero-order valence-corrected chi connectivity index (χ0v) is 13.9. The highest BCUT2D eigenvalue weighted by Crippen LogP contribution is 2.45. The lowest BCUT2D eigenvalue weighted by atomic mass is 9.90. The molecule has 1 saturated heterocycles. The molecular weight excluding hydrogens is 335 g/mol. The quantitative estimate of drug-likeness (QED) is 0.771. The molecule has 2 heterocycles. The van der Waals surface area contributed by atoms with Crippen LogP contribution in [0.4, 0.5) is 10.1 Å². The minimum Gasteiger partial charge on any atom is -0.467 e. The second-order valence-electron chi connectivity index (χ2n) is 5.98. The maximum atomic E-state index is 13.6. The number of rotatable bonds is 1. The normalized spacial score (nSPS) is 25.4. The Bertz CT molecular complexity index is 798. The number of ether oxygens (including phenoxy) is 1. The molecule has 1 N–H and O–H groups in total. The van der Waals surface area contributed by atoms with E-state index in [4.69, 9.17) is 28.6 Å². The number of hydrogen-bond acceptors (Lipinski definition) is 2. The zero-order valence-electron chi connectivity index (χ0n) is 12.3. The van der Waals surface area contributed by atoms with Gasteiger partial charge >= 0.3 is 0 Å². The van der Waals surface area contributed by atoms with E-state index in [9.17, 15) is 4.39 Å². The SMILES string of the molecule is C[C@@]12C[C@@H](NC(=S)N1c1ccc(Cl)cc1)c1cc(F)ccc1O2.